The van der Waals surface area contributed by atoms with Crippen LogP contribution in [-0.4, -0.2) is 36.2 Å². The van der Waals surface area contributed by atoms with Gasteiger partial charge in [0, 0.05) is 12.1 Å². The Bertz CT molecular complexity index is 373. The zero-order chi connectivity index (χ0) is 13.1. The predicted octanol–water partition coefficient (Wildman–Crippen LogP) is 2.60. The van der Waals surface area contributed by atoms with Gasteiger partial charge in [0.1, 0.15) is 5.75 Å². The molecule has 3 heteroatoms. The Hall–Kier alpha value is -1.06. The van der Waals surface area contributed by atoms with Crippen LogP contribution < -0.4 is 4.74 Å². The average molecular weight is 249 g/mol. The lowest BCUT2D eigenvalue weighted by atomic mass is 9.89. The summed E-state index contributed by atoms with van der Waals surface area (Å²) in [5, 5.41) is 10.4. The maximum Gasteiger partial charge on any atom is 0.118 e. The van der Waals surface area contributed by atoms with Crippen molar-refractivity contribution < 1.29 is 9.84 Å². The zero-order valence-electron chi connectivity index (χ0n) is 11.5. The first kappa shape index (κ1) is 13.4. The van der Waals surface area contributed by atoms with Gasteiger partial charge in [0.15, 0.2) is 0 Å². The molecule has 1 aromatic carbocycles. The SMILES string of the molecule is COc1ccc(C(O)C(C)N(C)C2CCC2)cc1. The molecule has 2 atom stereocenters. The minimum absolute atomic E-state index is 0.142. The summed E-state index contributed by atoms with van der Waals surface area (Å²) in [5.41, 5.74) is 0.953. The van der Waals surface area contributed by atoms with Crippen molar-refractivity contribution >= 4 is 0 Å². The predicted molar refractivity (Wildman–Crippen MR) is 72.8 cm³/mol. The summed E-state index contributed by atoms with van der Waals surface area (Å²) in [6.07, 6.45) is 3.40. The van der Waals surface area contributed by atoms with Gasteiger partial charge < -0.3 is 9.84 Å². The summed E-state index contributed by atoms with van der Waals surface area (Å²) in [4.78, 5) is 2.30. The van der Waals surface area contributed by atoms with Gasteiger partial charge in [-0.05, 0) is 44.5 Å². The standard InChI is InChI=1S/C15H23NO2/c1-11(16(2)13-5-4-6-13)15(17)12-7-9-14(18-3)10-8-12/h7-11,13,15,17H,4-6H2,1-3H3. The highest BCUT2D eigenvalue weighted by Crippen LogP contribution is 2.29. The third kappa shape index (κ3) is 2.68. The lowest BCUT2D eigenvalue weighted by Crippen LogP contribution is -2.45. The van der Waals surface area contributed by atoms with Crippen LogP contribution in [-0.2, 0) is 0 Å². The molecule has 100 valence electrons. The van der Waals surface area contributed by atoms with Crippen molar-refractivity contribution in [1.29, 1.82) is 0 Å². The van der Waals surface area contributed by atoms with Gasteiger partial charge in [-0.15, -0.1) is 0 Å². The number of aliphatic hydroxyl groups is 1. The molecule has 0 spiro atoms. The van der Waals surface area contributed by atoms with E-state index < -0.39 is 6.10 Å². The van der Waals surface area contributed by atoms with Crippen molar-refractivity contribution in [3.05, 3.63) is 29.8 Å². The second-order valence-corrected chi connectivity index (χ2v) is 5.21. The molecule has 1 N–H and O–H groups in total. The summed E-state index contributed by atoms with van der Waals surface area (Å²) in [5.74, 6) is 0.825. The molecular formula is C15H23NO2. The summed E-state index contributed by atoms with van der Waals surface area (Å²) in [6.45, 7) is 2.09. The van der Waals surface area contributed by atoms with E-state index in [1.165, 1.54) is 19.3 Å². The number of ether oxygens (including phenoxy) is 1. The third-order valence-electron chi connectivity index (χ3n) is 4.21. The highest BCUT2D eigenvalue weighted by Gasteiger charge is 2.29. The zero-order valence-corrected chi connectivity index (χ0v) is 11.5. The van der Waals surface area contributed by atoms with Gasteiger partial charge >= 0.3 is 0 Å². The molecule has 0 bridgehead atoms. The average Bonchev–Trinajstić information content (AvgIpc) is 2.35. The fourth-order valence-corrected chi connectivity index (χ4v) is 2.43. The van der Waals surface area contributed by atoms with Crippen LogP contribution in [0.2, 0.25) is 0 Å². The monoisotopic (exact) mass is 249 g/mol. The summed E-state index contributed by atoms with van der Waals surface area (Å²) >= 11 is 0. The van der Waals surface area contributed by atoms with Crippen LogP contribution in [0.15, 0.2) is 24.3 Å². The molecule has 0 saturated heterocycles. The Kier molecular flexibility index (Phi) is 4.25. The molecule has 2 rings (SSSR count). The van der Waals surface area contributed by atoms with Gasteiger partial charge in [-0.25, -0.2) is 0 Å². The lowest BCUT2D eigenvalue weighted by Gasteiger charge is -2.40. The number of hydrogen-bond acceptors (Lipinski definition) is 3. The maximum atomic E-state index is 10.4. The van der Waals surface area contributed by atoms with Crippen LogP contribution in [0.4, 0.5) is 0 Å². The molecule has 0 radical (unpaired) electrons. The molecule has 0 aliphatic heterocycles. The molecule has 0 aromatic heterocycles. The minimum atomic E-state index is -0.443. The third-order valence-corrected chi connectivity index (χ3v) is 4.21. The number of methoxy groups -OCH3 is 1. The molecule has 0 heterocycles. The molecule has 1 aliphatic carbocycles. The molecule has 18 heavy (non-hydrogen) atoms. The van der Waals surface area contributed by atoms with E-state index in [4.69, 9.17) is 4.74 Å². The van der Waals surface area contributed by atoms with E-state index in [0.29, 0.717) is 6.04 Å². The van der Waals surface area contributed by atoms with Gasteiger partial charge in [0.2, 0.25) is 0 Å². The first-order valence-electron chi connectivity index (χ1n) is 6.67. The van der Waals surface area contributed by atoms with E-state index in [-0.39, 0.29) is 6.04 Å². The number of nitrogens with zero attached hydrogens (tertiary/aromatic N) is 1. The maximum absolute atomic E-state index is 10.4. The Labute approximate surface area is 109 Å². The van der Waals surface area contributed by atoms with E-state index in [1.807, 2.05) is 24.3 Å². The van der Waals surface area contributed by atoms with Crippen LogP contribution in [0.5, 0.6) is 5.75 Å². The van der Waals surface area contributed by atoms with Gasteiger partial charge in [0.25, 0.3) is 0 Å². The van der Waals surface area contributed by atoms with Crippen LogP contribution >= 0.6 is 0 Å². The van der Waals surface area contributed by atoms with Gasteiger partial charge in [0.05, 0.1) is 13.2 Å². The Balaban J connectivity index is 2.01. The molecule has 2 unspecified atom stereocenters. The van der Waals surface area contributed by atoms with Crippen LogP contribution in [0.1, 0.15) is 37.9 Å². The minimum Gasteiger partial charge on any atom is -0.497 e. The molecule has 1 saturated carbocycles. The summed E-state index contributed by atoms with van der Waals surface area (Å²) in [7, 11) is 3.76. The Morgan fingerprint density at radius 2 is 1.89 bits per heavy atom. The molecule has 3 nitrogen and oxygen atoms in total. The Morgan fingerprint density at radius 1 is 1.28 bits per heavy atom. The van der Waals surface area contributed by atoms with Crippen LogP contribution in [0.25, 0.3) is 0 Å². The van der Waals surface area contributed by atoms with Crippen LogP contribution in [0, 0.1) is 0 Å². The van der Waals surface area contributed by atoms with Crippen LogP contribution in [0.3, 0.4) is 0 Å². The molecule has 1 fully saturated rings. The fraction of sp³-hybridized carbons (Fsp3) is 0.600. The number of benzene rings is 1. The topological polar surface area (TPSA) is 32.7 Å². The second kappa shape index (κ2) is 5.72. The van der Waals surface area contributed by atoms with Crippen molar-refractivity contribution in [2.75, 3.05) is 14.2 Å². The largest absolute Gasteiger partial charge is 0.497 e. The quantitative estimate of drug-likeness (QED) is 0.870. The fourth-order valence-electron chi connectivity index (χ4n) is 2.43. The van der Waals surface area contributed by atoms with Crippen molar-refractivity contribution in [3.63, 3.8) is 0 Å². The number of rotatable bonds is 5. The van der Waals surface area contributed by atoms with Crippen molar-refractivity contribution in [3.8, 4) is 5.75 Å². The lowest BCUT2D eigenvalue weighted by molar-refractivity contribution is 0.0268. The van der Waals surface area contributed by atoms with Gasteiger partial charge in [-0.2, -0.15) is 0 Å². The molecule has 1 aromatic rings. The molecule has 0 amide bonds. The van der Waals surface area contributed by atoms with E-state index in [1.54, 1.807) is 7.11 Å². The smallest absolute Gasteiger partial charge is 0.118 e. The first-order chi connectivity index (χ1) is 8.63. The summed E-state index contributed by atoms with van der Waals surface area (Å²) < 4.78 is 5.13. The van der Waals surface area contributed by atoms with E-state index in [2.05, 4.69) is 18.9 Å². The first-order valence-corrected chi connectivity index (χ1v) is 6.67. The van der Waals surface area contributed by atoms with E-state index >= 15 is 0 Å². The normalized spacial score (nSPS) is 19.4. The highest BCUT2D eigenvalue weighted by molar-refractivity contribution is 5.29. The highest BCUT2D eigenvalue weighted by atomic mass is 16.5. The molecule has 1 aliphatic rings. The summed E-state index contributed by atoms with van der Waals surface area (Å²) in [6, 6.07) is 8.46. The van der Waals surface area contributed by atoms with Gasteiger partial charge in [-0.3, -0.25) is 4.90 Å². The second-order valence-electron chi connectivity index (χ2n) is 5.21. The van der Waals surface area contributed by atoms with Crippen molar-refractivity contribution in [1.82, 2.24) is 4.90 Å². The Morgan fingerprint density at radius 3 is 2.33 bits per heavy atom. The number of hydrogen-bond donors (Lipinski definition) is 1. The number of likely N-dealkylation sites (N-methyl/N-ethyl adjacent to an activating group) is 1. The van der Waals surface area contributed by atoms with E-state index in [0.717, 1.165) is 11.3 Å². The van der Waals surface area contributed by atoms with Crippen molar-refractivity contribution in [2.45, 2.75) is 44.4 Å². The molecular weight excluding hydrogens is 226 g/mol. The van der Waals surface area contributed by atoms with E-state index in [9.17, 15) is 5.11 Å². The van der Waals surface area contributed by atoms with Gasteiger partial charge in [-0.1, -0.05) is 18.6 Å². The van der Waals surface area contributed by atoms with Crippen molar-refractivity contribution in [2.24, 2.45) is 0 Å². The number of aliphatic hydroxyl groups excluding tert-OH is 1.